The van der Waals surface area contributed by atoms with Crippen LogP contribution in [0.3, 0.4) is 0 Å². The molecule has 2 fully saturated rings. The maximum absolute atomic E-state index is 10.4. The minimum Gasteiger partial charge on any atom is -0.405 e. The summed E-state index contributed by atoms with van der Waals surface area (Å²) in [6.07, 6.45) is -2.25. The minimum atomic E-state index is -2.68. The van der Waals surface area contributed by atoms with E-state index in [-0.39, 0.29) is 11.1 Å². The van der Waals surface area contributed by atoms with Gasteiger partial charge in [-0.2, -0.15) is 0 Å². The summed E-state index contributed by atoms with van der Waals surface area (Å²) in [7, 11) is -2.68. The van der Waals surface area contributed by atoms with E-state index in [2.05, 4.69) is 69.3 Å². The third-order valence-corrected chi connectivity index (χ3v) is 11.0. The molecule has 0 amide bonds. The van der Waals surface area contributed by atoms with E-state index in [1.54, 1.807) is 0 Å². The van der Waals surface area contributed by atoms with Crippen LogP contribution >= 0.6 is 0 Å². The van der Waals surface area contributed by atoms with Crippen LogP contribution in [-0.2, 0) is 18.6 Å². The Kier molecular flexibility index (Phi) is 5.68. The topological polar surface area (TPSA) is 57.2 Å². The lowest BCUT2D eigenvalue weighted by atomic mass is 10.1. The summed E-state index contributed by atoms with van der Waals surface area (Å²) in [5, 5.41) is 12.6. The molecule has 0 aromatic heterocycles. The largest absolute Gasteiger partial charge is 0.405 e. The SMILES string of the molecule is CC1(C)O[C@@H]2[C@H](O1)C(O)O[C@@H]2CO[Si](c1ccccc1)(c1ccccc1)C(C)(C)C. The van der Waals surface area contributed by atoms with Crippen LogP contribution in [0.25, 0.3) is 0 Å². The zero-order valence-corrected chi connectivity index (χ0v) is 19.4. The second-order valence-corrected chi connectivity index (χ2v) is 13.9. The molecule has 5 nitrogen and oxygen atoms in total. The van der Waals surface area contributed by atoms with Crippen molar-refractivity contribution < 1.29 is 23.7 Å². The fourth-order valence-corrected chi connectivity index (χ4v) is 9.33. The molecule has 0 saturated carbocycles. The van der Waals surface area contributed by atoms with Gasteiger partial charge in [-0.15, -0.1) is 0 Å². The highest BCUT2D eigenvalue weighted by molar-refractivity contribution is 6.99. The van der Waals surface area contributed by atoms with Crippen LogP contribution < -0.4 is 10.4 Å². The highest BCUT2D eigenvalue weighted by Gasteiger charge is 2.56. The first-order valence-electron chi connectivity index (χ1n) is 10.6. The summed E-state index contributed by atoms with van der Waals surface area (Å²) in [4.78, 5) is 0. The van der Waals surface area contributed by atoms with Crippen LogP contribution in [-0.4, -0.2) is 50.4 Å². The second-order valence-electron chi connectivity index (χ2n) is 9.60. The van der Waals surface area contributed by atoms with Crippen LogP contribution in [0, 0.1) is 0 Å². The summed E-state index contributed by atoms with van der Waals surface area (Å²) in [5.41, 5.74) is 0. The summed E-state index contributed by atoms with van der Waals surface area (Å²) >= 11 is 0. The molecule has 2 saturated heterocycles. The molecule has 4 atom stereocenters. The Labute approximate surface area is 180 Å². The van der Waals surface area contributed by atoms with E-state index < -0.39 is 32.6 Å². The summed E-state index contributed by atoms with van der Waals surface area (Å²) in [5.74, 6) is -0.740. The van der Waals surface area contributed by atoms with Gasteiger partial charge in [-0.1, -0.05) is 81.4 Å². The van der Waals surface area contributed by atoms with Crippen LogP contribution in [0.1, 0.15) is 34.6 Å². The number of hydrogen-bond donors (Lipinski definition) is 1. The van der Waals surface area contributed by atoms with E-state index in [9.17, 15) is 5.11 Å². The van der Waals surface area contributed by atoms with Gasteiger partial charge in [0.05, 0.1) is 6.61 Å². The van der Waals surface area contributed by atoms with Crippen molar-refractivity contribution in [1.82, 2.24) is 0 Å². The Bertz CT molecular complexity index is 809. The Morgan fingerprint density at radius 2 is 1.40 bits per heavy atom. The molecule has 1 unspecified atom stereocenters. The van der Waals surface area contributed by atoms with Crippen molar-refractivity contribution in [1.29, 1.82) is 0 Å². The molecule has 1 N–H and O–H groups in total. The van der Waals surface area contributed by atoms with Gasteiger partial charge < -0.3 is 23.7 Å². The smallest absolute Gasteiger partial charge is 0.261 e. The van der Waals surface area contributed by atoms with Gasteiger partial charge in [0, 0.05) is 0 Å². The Morgan fingerprint density at radius 1 is 0.900 bits per heavy atom. The van der Waals surface area contributed by atoms with Crippen LogP contribution in [0.4, 0.5) is 0 Å². The molecule has 30 heavy (non-hydrogen) atoms. The number of aliphatic hydroxyl groups is 1. The van der Waals surface area contributed by atoms with E-state index in [0.29, 0.717) is 6.61 Å². The van der Waals surface area contributed by atoms with Gasteiger partial charge in [-0.3, -0.25) is 0 Å². The van der Waals surface area contributed by atoms with Gasteiger partial charge in [0.1, 0.15) is 18.3 Å². The maximum atomic E-state index is 10.4. The van der Waals surface area contributed by atoms with Crippen molar-refractivity contribution in [3.05, 3.63) is 60.7 Å². The van der Waals surface area contributed by atoms with Gasteiger partial charge in [0.15, 0.2) is 12.1 Å². The zero-order valence-electron chi connectivity index (χ0n) is 18.4. The third kappa shape index (κ3) is 3.77. The minimum absolute atomic E-state index is 0.126. The fourth-order valence-electron chi connectivity index (χ4n) is 4.76. The molecule has 6 heteroatoms. The lowest BCUT2D eigenvalue weighted by Crippen LogP contribution is -2.67. The predicted octanol–water partition coefficient (Wildman–Crippen LogP) is 2.80. The van der Waals surface area contributed by atoms with Gasteiger partial charge in [-0.05, 0) is 29.3 Å². The molecule has 4 rings (SSSR count). The third-order valence-electron chi connectivity index (χ3n) is 6.01. The van der Waals surface area contributed by atoms with Crippen molar-refractivity contribution in [2.75, 3.05) is 6.61 Å². The quantitative estimate of drug-likeness (QED) is 0.742. The van der Waals surface area contributed by atoms with Crippen molar-refractivity contribution >= 4 is 18.7 Å². The highest BCUT2D eigenvalue weighted by Crippen LogP contribution is 2.40. The van der Waals surface area contributed by atoms with Crippen molar-refractivity contribution in [2.45, 2.75) is 70.0 Å². The molecule has 0 bridgehead atoms. The van der Waals surface area contributed by atoms with Crippen molar-refractivity contribution in [2.24, 2.45) is 0 Å². The molecular formula is C24H32O5Si. The first-order chi connectivity index (χ1) is 14.1. The molecule has 2 aromatic carbocycles. The average molecular weight is 429 g/mol. The van der Waals surface area contributed by atoms with Gasteiger partial charge in [0.25, 0.3) is 8.32 Å². The lowest BCUT2D eigenvalue weighted by molar-refractivity contribution is -0.222. The normalized spacial score (nSPS) is 28.5. The van der Waals surface area contributed by atoms with E-state index >= 15 is 0 Å². The van der Waals surface area contributed by atoms with Gasteiger partial charge >= 0.3 is 0 Å². The van der Waals surface area contributed by atoms with Gasteiger partial charge in [0.2, 0.25) is 0 Å². The number of fused-ring (bicyclic) bond motifs is 1. The molecule has 2 aliphatic rings. The Hall–Kier alpha value is -1.54. The van der Waals surface area contributed by atoms with E-state index in [4.69, 9.17) is 18.6 Å². The van der Waals surface area contributed by atoms with Gasteiger partial charge in [-0.25, -0.2) is 0 Å². The number of aliphatic hydroxyl groups excluding tert-OH is 1. The molecule has 0 radical (unpaired) electrons. The van der Waals surface area contributed by atoms with Crippen molar-refractivity contribution in [3.8, 4) is 0 Å². The molecule has 0 spiro atoms. The summed E-state index contributed by atoms with van der Waals surface area (Å²) in [6.45, 7) is 10.8. The fraction of sp³-hybridized carbons (Fsp3) is 0.500. The predicted molar refractivity (Wildman–Crippen MR) is 118 cm³/mol. The average Bonchev–Trinajstić information content (AvgIpc) is 3.17. The molecule has 162 valence electrons. The second kappa shape index (κ2) is 7.86. The monoisotopic (exact) mass is 428 g/mol. The number of ether oxygens (including phenoxy) is 3. The summed E-state index contributed by atoms with van der Waals surface area (Å²) < 4.78 is 24.6. The highest BCUT2D eigenvalue weighted by atomic mass is 28.4. The molecule has 2 heterocycles. The van der Waals surface area contributed by atoms with Crippen LogP contribution in [0.5, 0.6) is 0 Å². The standard InChI is InChI=1S/C24H32O5Si/c1-23(2,3)30(17-12-8-6-9-13-17,18-14-10-7-11-15-18)26-16-19-20-21(22(25)27-19)29-24(4,5)28-20/h6-15,19-22,25H,16H2,1-5H3/t19-,20+,21+,22?/m1/s1. The molecular weight excluding hydrogens is 396 g/mol. The lowest BCUT2D eigenvalue weighted by Gasteiger charge is -2.43. The Morgan fingerprint density at radius 3 is 1.90 bits per heavy atom. The zero-order chi connectivity index (χ0) is 21.6. The number of rotatable bonds is 5. The van der Waals surface area contributed by atoms with Crippen LogP contribution in [0.15, 0.2) is 60.7 Å². The number of benzene rings is 2. The number of hydrogen-bond acceptors (Lipinski definition) is 5. The maximum Gasteiger partial charge on any atom is 0.261 e. The molecule has 2 aromatic rings. The van der Waals surface area contributed by atoms with E-state index in [1.165, 1.54) is 10.4 Å². The van der Waals surface area contributed by atoms with Crippen molar-refractivity contribution in [3.63, 3.8) is 0 Å². The summed E-state index contributed by atoms with van der Waals surface area (Å²) in [6, 6.07) is 21.0. The first-order valence-corrected chi connectivity index (χ1v) is 12.5. The molecule has 2 aliphatic heterocycles. The molecule has 0 aliphatic carbocycles. The van der Waals surface area contributed by atoms with E-state index in [0.717, 1.165) is 0 Å². The Balaban J connectivity index is 1.69. The first kappa shape index (κ1) is 21.7. The van der Waals surface area contributed by atoms with E-state index in [1.807, 2.05) is 26.0 Å². The van der Waals surface area contributed by atoms with Crippen LogP contribution in [0.2, 0.25) is 5.04 Å².